The molecule has 0 aliphatic heterocycles. The van der Waals surface area contributed by atoms with Crippen LogP contribution >= 0.6 is 38.4 Å². The number of aliphatic hydroxyl groups is 1. The molecule has 1 aromatic carbocycles. The van der Waals surface area contributed by atoms with Gasteiger partial charge in [-0.15, -0.1) is 23.2 Å². The van der Waals surface area contributed by atoms with Gasteiger partial charge in [0.25, 0.3) is 5.08 Å². The second-order valence-corrected chi connectivity index (χ2v) is 13.0. The van der Waals surface area contributed by atoms with Gasteiger partial charge in [-0.25, -0.2) is 9.28 Å². The largest absolute Gasteiger partial charge is 0.374 e. The third-order valence-corrected chi connectivity index (χ3v) is 9.78. The Hall–Kier alpha value is -1.04. The van der Waals surface area contributed by atoms with Crippen LogP contribution in [0.1, 0.15) is 26.7 Å². The van der Waals surface area contributed by atoms with Crippen LogP contribution in [-0.2, 0) is 18.7 Å². The first-order chi connectivity index (χ1) is 16.1. The molecule has 2 amide bonds. The number of nitrogens with zero attached hydrogens (tertiary/aromatic N) is 1. The molecule has 1 rings (SSSR count). The maximum Gasteiger partial charge on any atom is 0.369 e. The topological polar surface area (TPSA) is 193 Å². The van der Waals surface area contributed by atoms with Crippen LogP contribution in [0.3, 0.4) is 0 Å². The lowest BCUT2D eigenvalue weighted by atomic mass is 10.1. The van der Waals surface area contributed by atoms with E-state index in [4.69, 9.17) is 23.2 Å². The van der Waals surface area contributed by atoms with Gasteiger partial charge >= 0.3 is 21.6 Å². The van der Waals surface area contributed by atoms with Gasteiger partial charge in [0.2, 0.25) is 5.91 Å². The van der Waals surface area contributed by atoms with Gasteiger partial charge in [0.05, 0.1) is 11.8 Å². The number of benzene rings is 1. The first kappa shape index (κ1) is 32.0. The maximum atomic E-state index is 12.5. The van der Waals surface area contributed by atoms with Gasteiger partial charge in [0.15, 0.2) is 0 Å². The first-order valence-electron chi connectivity index (χ1n) is 10.5. The van der Waals surface area contributed by atoms with Crippen molar-refractivity contribution in [3.05, 3.63) is 24.3 Å². The Morgan fingerprint density at radius 2 is 1.54 bits per heavy atom. The van der Waals surface area contributed by atoms with Crippen LogP contribution < -0.4 is 15.1 Å². The quantitative estimate of drug-likeness (QED) is 0.0696. The highest BCUT2D eigenvalue weighted by atomic mass is 35.5. The lowest BCUT2D eigenvalue weighted by molar-refractivity contribution is -0.122. The summed E-state index contributed by atoms with van der Waals surface area (Å²) in [5.41, 5.74) is 1.25. The SMILES string of the molecule is CC(CCC(O)(P(=O)(O)O)P(=O)(O)O)NC(=O)[C@H](C)Nc1ccc([N+](C=O)(CCCl)CCCl)cc1. The van der Waals surface area contributed by atoms with Crippen molar-refractivity contribution in [2.45, 2.75) is 43.9 Å². The summed E-state index contributed by atoms with van der Waals surface area (Å²) in [7, 11) is -11.1. The van der Waals surface area contributed by atoms with Gasteiger partial charge in [-0.05, 0) is 32.4 Å². The highest BCUT2D eigenvalue weighted by Gasteiger charge is 2.58. The van der Waals surface area contributed by atoms with E-state index in [1.165, 1.54) is 6.92 Å². The fourth-order valence-electron chi connectivity index (χ4n) is 3.32. The van der Waals surface area contributed by atoms with Crippen molar-refractivity contribution in [2.75, 3.05) is 30.2 Å². The molecule has 16 heteroatoms. The molecule has 7 N–H and O–H groups in total. The molecule has 1 aromatic rings. The fraction of sp³-hybridized carbons (Fsp3) is 0.579. The standard InChI is InChI=1S/C19H31Cl2N3O9P2/c1-14(7-8-19(27,34(28,29)30)35(31,32)33)22-18(26)15(2)23-16-3-5-17(6-4-16)24(13-25,11-9-20)12-10-21/h3-6,13-15,23,27H,7-12H2,1-2H3,(H4-,22,26,28,29,30,31,32,33)/p+1/t14?,15-/m0/s1. The smallest absolute Gasteiger partial charge is 0.369 e. The van der Waals surface area contributed by atoms with E-state index in [-0.39, 0.29) is 22.7 Å². The normalized spacial score (nSPS) is 14.8. The van der Waals surface area contributed by atoms with Gasteiger partial charge in [-0.1, -0.05) is 0 Å². The third-order valence-electron chi connectivity index (χ3n) is 5.56. The minimum absolute atomic E-state index is 0.0452. The summed E-state index contributed by atoms with van der Waals surface area (Å²) < 4.78 is 22.8. The molecule has 35 heavy (non-hydrogen) atoms. The molecule has 200 valence electrons. The molecule has 0 aliphatic rings. The van der Waals surface area contributed by atoms with Crippen molar-refractivity contribution >= 4 is 62.1 Å². The van der Waals surface area contributed by atoms with Crippen LogP contribution in [0, 0.1) is 0 Å². The fourth-order valence-corrected chi connectivity index (χ4v) is 6.12. The summed E-state index contributed by atoms with van der Waals surface area (Å²) in [4.78, 5) is 61.1. The number of carbonyl (C=O) groups is 2. The van der Waals surface area contributed by atoms with Crippen molar-refractivity contribution in [2.24, 2.45) is 0 Å². The number of alkyl halides is 2. The lowest BCUT2D eigenvalue weighted by Gasteiger charge is -2.30. The second kappa shape index (κ2) is 13.0. The van der Waals surface area contributed by atoms with Gasteiger partial charge in [0.1, 0.15) is 24.8 Å². The molecule has 0 aromatic heterocycles. The minimum Gasteiger partial charge on any atom is -0.374 e. The number of carbonyl (C=O) groups excluding carboxylic acids is 2. The zero-order valence-electron chi connectivity index (χ0n) is 19.3. The number of rotatable bonds is 15. The number of anilines is 1. The summed E-state index contributed by atoms with van der Waals surface area (Å²) in [5.74, 6) is 0.00920. The number of halogens is 2. The minimum atomic E-state index is -5.56. The van der Waals surface area contributed by atoms with E-state index in [0.717, 1.165) is 6.41 Å². The maximum absolute atomic E-state index is 12.5. The highest BCUT2D eigenvalue weighted by molar-refractivity contribution is 7.72. The molecule has 0 spiro atoms. The van der Waals surface area contributed by atoms with Crippen LogP contribution in [0.15, 0.2) is 24.3 Å². The van der Waals surface area contributed by atoms with Gasteiger partial charge in [-0.2, -0.15) is 0 Å². The average molecular weight is 579 g/mol. The Balaban J connectivity index is 2.80. The number of hydrogen-bond acceptors (Lipinski definition) is 6. The Labute approximate surface area is 213 Å². The number of hydrogen-bond donors (Lipinski definition) is 7. The van der Waals surface area contributed by atoms with Crippen molar-refractivity contribution < 1.29 is 43.4 Å². The molecule has 0 heterocycles. The predicted octanol–water partition coefficient (Wildman–Crippen LogP) is 1.71. The molecule has 0 fully saturated rings. The van der Waals surface area contributed by atoms with E-state index in [0.29, 0.717) is 24.5 Å². The van der Waals surface area contributed by atoms with Crippen LogP contribution in [0.25, 0.3) is 0 Å². The van der Waals surface area contributed by atoms with Crippen molar-refractivity contribution in [1.82, 2.24) is 9.80 Å². The summed E-state index contributed by atoms with van der Waals surface area (Å²) in [6.07, 6.45) is -0.467. The van der Waals surface area contributed by atoms with Gasteiger partial charge < -0.3 is 35.3 Å². The van der Waals surface area contributed by atoms with E-state index in [9.17, 15) is 43.4 Å². The molecule has 1 unspecified atom stereocenters. The Bertz CT molecular complexity index is 927. The summed E-state index contributed by atoms with van der Waals surface area (Å²) in [5, 5.41) is 11.9. The van der Waals surface area contributed by atoms with E-state index >= 15 is 0 Å². The Kier molecular flexibility index (Phi) is 11.8. The molecule has 12 nitrogen and oxygen atoms in total. The van der Waals surface area contributed by atoms with Crippen LogP contribution in [0.4, 0.5) is 11.4 Å². The number of amides is 2. The van der Waals surface area contributed by atoms with E-state index in [2.05, 4.69) is 10.6 Å². The molecule has 2 atom stereocenters. The van der Waals surface area contributed by atoms with Crippen molar-refractivity contribution in [1.29, 1.82) is 0 Å². The zero-order chi connectivity index (χ0) is 27.1. The molecule has 0 saturated carbocycles. The zero-order valence-corrected chi connectivity index (χ0v) is 22.6. The lowest BCUT2D eigenvalue weighted by Crippen LogP contribution is -2.50. The highest BCUT2D eigenvalue weighted by Crippen LogP contribution is 2.69. The van der Waals surface area contributed by atoms with Crippen molar-refractivity contribution in [3.63, 3.8) is 0 Å². The molecule has 0 radical (unpaired) electrons. The van der Waals surface area contributed by atoms with Gasteiger partial charge in [-0.3, -0.25) is 13.9 Å². The molecule has 0 aliphatic carbocycles. The molecular weight excluding hydrogens is 547 g/mol. The second-order valence-electron chi connectivity index (χ2n) is 8.19. The summed E-state index contributed by atoms with van der Waals surface area (Å²) in [6.45, 7) is 3.75. The number of quaternary nitrogens is 1. The average Bonchev–Trinajstić information content (AvgIpc) is 2.76. The van der Waals surface area contributed by atoms with Crippen LogP contribution in [0.2, 0.25) is 0 Å². The van der Waals surface area contributed by atoms with Gasteiger partial charge in [0, 0.05) is 30.3 Å². The van der Waals surface area contributed by atoms with Crippen LogP contribution in [-0.4, -0.2) is 79.0 Å². The summed E-state index contributed by atoms with van der Waals surface area (Å²) in [6, 6.07) is 5.27. The monoisotopic (exact) mass is 578 g/mol. The first-order valence-corrected chi connectivity index (χ1v) is 14.8. The van der Waals surface area contributed by atoms with Crippen LogP contribution in [0.5, 0.6) is 0 Å². The van der Waals surface area contributed by atoms with E-state index < -0.39 is 44.7 Å². The Morgan fingerprint density at radius 3 is 1.94 bits per heavy atom. The predicted molar refractivity (Wildman–Crippen MR) is 134 cm³/mol. The van der Waals surface area contributed by atoms with Crippen molar-refractivity contribution in [3.8, 4) is 0 Å². The third kappa shape index (κ3) is 8.23. The van der Waals surface area contributed by atoms with E-state index in [1.807, 2.05) is 0 Å². The number of nitrogens with one attached hydrogen (secondary N) is 2. The van der Waals surface area contributed by atoms with E-state index in [1.54, 1.807) is 31.2 Å². The Morgan fingerprint density at radius 1 is 1.06 bits per heavy atom. The molecule has 0 bridgehead atoms. The molecular formula is C19H32Cl2N3O9P2+. The molecule has 0 saturated heterocycles. The summed E-state index contributed by atoms with van der Waals surface area (Å²) >= 11 is 11.7.